The first-order valence-corrected chi connectivity index (χ1v) is 9.64. The summed E-state index contributed by atoms with van der Waals surface area (Å²) in [5.41, 5.74) is -21.5. The largest absolute Gasteiger partial charge is 0.508 e. The third-order valence-electron chi connectivity index (χ3n) is 5.86. The lowest BCUT2D eigenvalue weighted by atomic mass is 9.71. The first kappa shape index (κ1) is 30.3. The summed E-state index contributed by atoms with van der Waals surface area (Å²) in [6.45, 7) is -0.123. The summed E-state index contributed by atoms with van der Waals surface area (Å²) in [6, 6.07) is -1.02. The highest BCUT2D eigenvalue weighted by Crippen LogP contribution is 2.58. The third-order valence-corrected chi connectivity index (χ3v) is 5.86. The smallest absolute Gasteiger partial charge is 0.421 e. The van der Waals surface area contributed by atoms with Crippen LogP contribution in [0.3, 0.4) is 0 Å². The molecule has 2 aromatic carbocycles. The fraction of sp³-hybridized carbons (Fsp3) is 0.429. The lowest BCUT2D eigenvalue weighted by molar-refractivity contribution is -0.289. The highest BCUT2D eigenvalue weighted by molar-refractivity contribution is 5.53. The minimum Gasteiger partial charge on any atom is -0.508 e. The summed E-state index contributed by atoms with van der Waals surface area (Å²) in [5.74, 6) is -3.09. The molecule has 0 spiro atoms. The van der Waals surface area contributed by atoms with E-state index in [4.69, 9.17) is 0 Å². The minimum atomic E-state index is -6.53. The lowest BCUT2D eigenvalue weighted by Gasteiger charge is -2.40. The van der Waals surface area contributed by atoms with Crippen molar-refractivity contribution in [3.63, 3.8) is 0 Å². The van der Waals surface area contributed by atoms with Crippen LogP contribution in [0.15, 0.2) is 36.4 Å². The van der Waals surface area contributed by atoms with Gasteiger partial charge in [-0.1, -0.05) is 12.1 Å². The van der Waals surface area contributed by atoms with Crippen LogP contribution in [0.4, 0.5) is 52.7 Å². The van der Waals surface area contributed by atoms with Crippen molar-refractivity contribution in [1.29, 1.82) is 0 Å². The number of halogens is 12. The standard InChI is InChI=1S/C21H16F12O4/c1-15(36,18(22,23)24)11-7-9(3-5-13(11)34)17(20(28,29)30,21(31,32)33)10-4-6-14(35)12(8-10)16(2,37)19(25,26)27/h3-8,34-37H,1-2H3. The molecule has 2 rings (SSSR count). The maximum atomic E-state index is 14.4. The number of rotatable bonds is 4. The maximum absolute atomic E-state index is 14.4. The molecule has 0 saturated carbocycles. The average molecular weight is 560 g/mol. The molecule has 2 unspecified atom stereocenters. The molecule has 2 atom stereocenters. The molecule has 0 aliphatic carbocycles. The van der Waals surface area contributed by atoms with Crippen molar-refractivity contribution in [2.75, 3.05) is 0 Å². The topological polar surface area (TPSA) is 80.9 Å². The number of hydrogen-bond donors (Lipinski definition) is 4. The van der Waals surface area contributed by atoms with Gasteiger partial charge in [0.15, 0.2) is 11.2 Å². The lowest BCUT2D eigenvalue weighted by Crippen LogP contribution is -2.55. The van der Waals surface area contributed by atoms with Crippen LogP contribution in [-0.2, 0) is 16.6 Å². The molecular weight excluding hydrogens is 544 g/mol. The highest BCUT2D eigenvalue weighted by Gasteiger charge is 2.73. The zero-order valence-corrected chi connectivity index (χ0v) is 18.3. The van der Waals surface area contributed by atoms with Gasteiger partial charge in [0.2, 0.25) is 5.41 Å². The molecule has 2 aromatic rings. The van der Waals surface area contributed by atoms with Crippen LogP contribution in [0.2, 0.25) is 0 Å². The van der Waals surface area contributed by atoms with E-state index in [2.05, 4.69) is 0 Å². The molecule has 0 aliphatic heterocycles. The van der Waals surface area contributed by atoms with E-state index < -0.39 is 87.2 Å². The van der Waals surface area contributed by atoms with Crippen molar-refractivity contribution in [1.82, 2.24) is 0 Å². The van der Waals surface area contributed by atoms with E-state index in [0.29, 0.717) is 0 Å². The predicted octanol–water partition coefficient (Wildman–Crippen LogP) is 6.05. The van der Waals surface area contributed by atoms with Gasteiger partial charge >= 0.3 is 24.7 Å². The van der Waals surface area contributed by atoms with Crippen molar-refractivity contribution in [2.45, 2.75) is 55.2 Å². The van der Waals surface area contributed by atoms with Crippen LogP contribution in [0.5, 0.6) is 11.5 Å². The van der Waals surface area contributed by atoms with Gasteiger partial charge in [-0.05, 0) is 49.2 Å². The Morgan fingerprint density at radius 2 is 0.757 bits per heavy atom. The van der Waals surface area contributed by atoms with Gasteiger partial charge < -0.3 is 20.4 Å². The molecule has 0 bridgehead atoms. The van der Waals surface area contributed by atoms with Crippen molar-refractivity contribution in [3.05, 3.63) is 58.7 Å². The Labute approximate surface area is 199 Å². The Morgan fingerprint density at radius 3 is 0.973 bits per heavy atom. The summed E-state index contributed by atoms with van der Waals surface area (Å²) >= 11 is 0. The van der Waals surface area contributed by atoms with Crippen molar-refractivity contribution >= 4 is 0 Å². The van der Waals surface area contributed by atoms with Crippen molar-refractivity contribution in [3.8, 4) is 11.5 Å². The fourth-order valence-electron chi connectivity index (χ4n) is 3.61. The summed E-state index contributed by atoms with van der Waals surface area (Å²) in [7, 11) is 0. The Bertz CT molecular complexity index is 1070. The molecular formula is C21H16F12O4. The summed E-state index contributed by atoms with van der Waals surface area (Å²) < 4.78 is 166. The monoisotopic (exact) mass is 560 g/mol. The zero-order valence-electron chi connectivity index (χ0n) is 18.3. The molecule has 16 heteroatoms. The quantitative estimate of drug-likeness (QED) is 0.344. The summed E-state index contributed by atoms with van der Waals surface area (Å²) in [6.07, 6.45) is -24.5. The van der Waals surface area contributed by atoms with Gasteiger partial charge in [-0.3, -0.25) is 0 Å². The number of phenols is 2. The van der Waals surface area contributed by atoms with E-state index in [1.807, 2.05) is 0 Å². The fourth-order valence-corrected chi connectivity index (χ4v) is 3.61. The maximum Gasteiger partial charge on any atom is 0.421 e. The van der Waals surface area contributed by atoms with Crippen LogP contribution in [0, 0.1) is 0 Å². The number of aromatic hydroxyl groups is 2. The normalized spacial score (nSPS) is 17.3. The Morgan fingerprint density at radius 1 is 0.486 bits per heavy atom. The first-order chi connectivity index (χ1) is 16.2. The Balaban J connectivity index is 3.11. The van der Waals surface area contributed by atoms with Crippen LogP contribution >= 0.6 is 0 Å². The number of alkyl halides is 12. The second kappa shape index (κ2) is 8.58. The molecule has 0 saturated heterocycles. The molecule has 4 nitrogen and oxygen atoms in total. The molecule has 4 N–H and O–H groups in total. The average Bonchev–Trinajstić information content (AvgIpc) is 2.66. The molecule has 0 aliphatic rings. The van der Waals surface area contributed by atoms with E-state index in [1.165, 1.54) is 0 Å². The first-order valence-electron chi connectivity index (χ1n) is 9.64. The van der Waals surface area contributed by atoms with Gasteiger partial charge in [-0.25, -0.2) is 0 Å². The third kappa shape index (κ3) is 4.64. The molecule has 0 fully saturated rings. The van der Waals surface area contributed by atoms with E-state index in [-0.39, 0.29) is 38.1 Å². The number of phenolic OH excluding ortho intramolecular Hbond substituents is 2. The summed E-state index contributed by atoms with van der Waals surface area (Å²) in [4.78, 5) is 0. The van der Waals surface area contributed by atoms with Gasteiger partial charge in [0.1, 0.15) is 11.5 Å². The second-order valence-electron chi connectivity index (χ2n) is 8.35. The number of aliphatic hydroxyl groups is 2. The van der Waals surface area contributed by atoms with Crippen LogP contribution < -0.4 is 0 Å². The second-order valence-corrected chi connectivity index (χ2v) is 8.35. The van der Waals surface area contributed by atoms with Crippen LogP contribution in [-0.4, -0.2) is 45.1 Å². The number of hydrogen-bond acceptors (Lipinski definition) is 4. The van der Waals surface area contributed by atoms with Crippen molar-refractivity contribution in [2.24, 2.45) is 0 Å². The SMILES string of the molecule is CC(O)(c1cc(C(c2ccc(O)c(C(C)(O)C(F)(F)F)c2)(C(F)(F)F)C(F)(F)F)ccc1O)C(F)(F)F. The van der Waals surface area contributed by atoms with Gasteiger partial charge in [-0.2, -0.15) is 52.7 Å². The minimum absolute atomic E-state index is 0.00427. The van der Waals surface area contributed by atoms with E-state index in [9.17, 15) is 73.1 Å². The zero-order chi connectivity index (χ0) is 29.2. The van der Waals surface area contributed by atoms with Crippen LogP contribution in [0.1, 0.15) is 36.1 Å². The Kier molecular flexibility index (Phi) is 7.03. The molecule has 0 heterocycles. The van der Waals surface area contributed by atoms with E-state index >= 15 is 0 Å². The van der Waals surface area contributed by atoms with Gasteiger partial charge in [-0.15, -0.1) is 0 Å². The van der Waals surface area contributed by atoms with Gasteiger partial charge in [0.05, 0.1) is 0 Å². The Hall–Kier alpha value is -2.88. The molecule has 0 amide bonds. The van der Waals surface area contributed by atoms with Gasteiger partial charge in [0, 0.05) is 11.1 Å². The number of benzene rings is 2. The van der Waals surface area contributed by atoms with E-state index in [1.54, 1.807) is 0 Å². The predicted molar refractivity (Wildman–Crippen MR) is 100 cm³/mol. The molecule has 208 valence electrons. The highest BCUT2D eigenvalue weighted by atomic mass is 19.4. The molecule has 37 heavy (non-hydrogen) atoms. The van der Waals surface area contributed by atoms with E-state index in [0.717, 1.165) is 0 Å². The molecule has 0 radical (unpaired) electrons. The summed E-state index contributed by atoms with van der Waals surface area (Å²) in [5, 5.41) is 39.1. The van der Waals surface area contributed by atoms with Crippen molar-refractivity contribution < 1.29 is 73.1 Å². The van der Waals surface area contributed by atoms with Gasteiger partial charge in [0.25, 0.3) is 0 Å². The molecule has 0 aromatic heterocycles. The van der Waals surface area contributed by atoms with Crippen LogP contribution in [0.25, 0.3) is 0 Å².